The molecule has 0 saturated carbocycles. The molecule has 0 aromatic heterocycles. The average Bonchev–Trinajstić information content (AvgIpc) is 2.18. The second kappa shape index (κ2) is 5.21. The first-order valence-corrected chi connectivity index (χ1v) is 5.87. The average molecular weight is 235 g/mol. The molecule has 3 nitrogen and oxygen atoms in total. The third kappa shape index (κ3) is 4.10. The lowest BCUT2D eigenvalue weighted by Gasteiger charge is -2.20. The number of aryl methyl sites for hydroxylation is 1. The highest BCUT2D eigenvalue weighted by Crippen LogP contribution is 2.24. The van der Waals surface area contributed by atoms with Crippen molar-refractivity contribution < 1.29 is 9.90 Å². The van der Waals surface area contributed by atoms with Crippen molar-refractivity contribution in [2.75, 3.05) is 6.54 Å². The molecule has 0 aliphatic rings. The summed E-state index contributed by atoms with van der Waals surface area (Å²) in [7, 11) is 0. The minimum absolute atomic E-state index is 0.128. The van der Waals surface area contributed by atoms with Gasteiger partial charge in [0.1, 0.15) is 0 Å². The van der Waals surface area contributed by atoms with Gasteiger partial charge in [0.05, 0.1) is 0 Å². The Morgan fingerprint density at radius 2 is 2.00 bits per heavy atom. The summed E-state index contributed by atoms with van der Waals surface area (Å²) in [5, 5.41) is 10.9. The molecule has 0 saturated heterocycles. The molecule has 94 valence electrons. The van der Waals surface area contributed by atoms with Crippen LogP contribution in [0.1, 0.15) is 37.5 Å². The van der Waals surface area contributed by atoms with Crippen LogP contribution in [0.15, 0.2) is 18.2 Å². The highest BCUT2D eigenvalue weighted by atomic mass is 16.4. The first kappa shape index (κ1) is 13.6. The molecule has 1 rings (SSSR count). The summed E-state index contributed by atoms with van der Waals surface area (Å²) in [6.45, 7) is 9.05. The number of rotatable bonds is 3. The predicted octanol–water partition coefficient (Wildman–Crippen LogP) is 3.10. The van der Waals surface area contributed by atoms with Crippen molar-refractivity contribution in [3.05, 3.63) is 34.9 Å². The summed E-state index contributed by atoms with van der Waals surface area (Å²) >= 11 is 0. The van der Waals surface area contributed by atoms with E-state index < -0.39 is 6.09 Å². The molecule has 0 bridgehead atoms. The molecule has 3 heteroatoms. The molecule has 2 N–H and O–H groups in total. The number of hydrogen-bond donors (Lipinski definition) is 2. The second-order valence-corrected chi connectivity index (χ2v) is 5.37. The minimum atomic E-state index is -0.963. The summed E-state index contributed by atoms with van der Waals surface area (Å²) in [5.41, 5.74) is 3.84. The Morgan fingerprint density at radius 3 is 2.53 bits per heavy atom. The van der Waals surface area contributed by atoms with Gasteiger partial charge in [-0.3, -0.25) is 0 Å². The molecule has 1 amide bonds. The van der Waals surface area contributed by atoms with Crippen LogP contribution in [0.3, 0.4) is 0 Å². The van der Waals surface area contributed by atoms with E-state index in [1.165, 1.54) is 16.7 Å². The van der Waals surface area contributed by atoms with Gasteiger partial charge in [-0.1, -0.05) is 39.0 Å². The standard InChI is InChI=1S/C14H21NO2/c1-10-5-6-12(14(2,3)4)9-11(10)7-8-15-13(16)17/h5-6,9,15H,7-8H2,1-4H3,(H,16,17). The number of hydrogen-bond acceptors (Lipinski definition) is 1. The number of benzene rings is 1. The van der Waals surface area contributed by atoms with Crippen molar-refractivity contribution in [1.29, 1.82) is 0 Å². The molecule has 0 unspecified atom stereocenters. The first-order chi connectivity index (χ1) is 7.80. The molecule has 17 heavy (non-hydrogen) atoms. The van der Waals surface area contributed by atoms with Crippen LogP contribution in [0.2, 0.25) is 0 Å². The molecule has 0 spiro atoms. The lowest BCUT2D eigenvalue weighted by molar-refractivity contribution is 0.194. The van der Waals surface area contributed by atoms with Crippen molar-refractivity contribution in [2.24, 2.45) is 0 Å². The van der Waals surface area contributed by atoms with Crippen molar-refractivity contribution >= 4 is 6.09 Å². The predicted molar refractivity (Wildman–Crippen MR) is 69.6 cm³/mol. The van der Waals surface area contributed by atoms with Crippen LogP contribution in [0.5, 0.6) is 0 Å². The summed E-state index contributed by atoms with van der Waals surface area (Å²) in [6, 6.07) is 6.43. The maximum Gasteiger partial charge on any atom is 0.404 e. The highest BCUT2D eigenvalue weighted by molar-refractivity contribution is 5.64. The zero-order valence-electron chi connectivity index (χ0n) is 11.0. The van der Waals surface area contributed by atoms with E-state index in [0.29, 0.717) is 6.54 Å². The summed E-state index contributed by atoms with van der Waals surface area (Å²) < 4.78 is 0. The molecule has 0 aliphatic carbocycles. The Bertz CT molecular complexity index is 405. The van der Waals surface area contributed by atoms with Crippen LogP contribution in [0.25, 0.3) is 0 Å². The zero-order valence-corrected chi connectivity index (χ0v) is 11.0. The normalized spacial score (nSPS) is 11.3. The lowest BCUT2D eigenvalue weighted by Crippen LogP contribution is -2.23. The Balaban J connectivity index is 2.80. The molecule has 0 radical (unpaired) electrons. The molecule has 1 aromatic carbocycles. The Kier molecular flexibility index (Phi) is 4.16. The van der Waals surface area contributed by atoms with Gasteiger partial charge in [-0.25, -0.2) is 4.79 Å². The van der Waals surface area contributed by atoms with Gasteiger partial charge in [0.25, 0.3) is 0 Å². The van der Waals surface area contributed by atoms with Gasteiger partial charge < -0.3 is 10.4 Å². The summed E-state index contributed by atoms with van der Waals surface area (Å²) in [6.07, 6.45) is -0.225. The van der Waals surface area contributed by atoms with Gasteiger partial charge in [0, 0.05) is 6.54 Å². The monoisotopic (exact) mass is 235 g/mol. The topological polar surface area (TPSA) is 49.3 Å². The number of nitrogens with one attached hydrogen (secondary N) is 1. The van der Waals surface area contributed by atoms with Crippen LogP contribution < -0.4 is 5.32 Å². The van der Waals surface area contributed by atoms with E-state index in [2.05, 4.69) is 51.2 Å². The van der Waals surface area contributed by atoms with E-state index in [9.17, 15) is 4.79 Å². The molecule has 1 aromatic rings. The van der Waals surface area contributed by atoms with Crippen molar-refractivity contribution in [3.63, 3.8) is 0 Å². The Hall–Kier alpha value is -1.51. The van der Waals surface area contributed by atoms with Gasteiger partial charge in [-0.15, -0.1) is 0 Å². The molecule has 0 heterocycles. The maximum absolute atomic E-state index is 10.4. The van der Waals surface area contributed by atoms with E-state index in [4.69, 9.17) is 5.11 Å². The minimum Gasteiger partial charge on any atom is -0.465 e. The van der Waals surface area contributed by atoms with Crippen molar-refractivity contribution in [3.8, 4) is 0 Å². The van der Waals surface area contributed by atoms with E-state index in [1.54, 1.807) is 0 Å². The SMILES string of the molecule is Cc1ccc(C(C)(C)C)cc1CCNC(=O)O. The van der Waals surface area contributed by atoms with Gasteiger partial charge in [-0.05, 0) is 35.4 Å². The van der Waals surface area contributed by atoms with Gasteiger partial charge in [0.15, 0.2) is 0 Å². The fraction of sp³-hybridized carbons (Fsp3) is 0.500. The van der Waals surface area contributed by atoms with E-state index >= 15 is 0 Å². The first-order valence-electron chi connectivity index (χ1n) is 5.87. The number of carboxylic acid groups (broad SMARTS) is 1. The zero-order chi connectivity index (χ0) is 13.1. The molecular weight excluding hydrogens is 214 g/mol. The van der Waals surface area contributed by atoms with E-state index in [1.807, 2.05) is 0 Å². The third-order valence-electron chi connectivity index (χ3n) is 2.89. The molecule has 0 fully saturated rings. The fourth-order valence-corrected chi connectivity index (χ4v) is 1.71. The largest absolute Gasteiger partial charge is 0.465 e. The van der Waals surface area contributed by atoms with Gasteiger partial charge in [0.2, 0.25) is 0 Å². The Labute approximate surface area is 103 Å². The summed E-state index contributed by atoms with van der Waals surface area (Å²) in [4.78, 5) is 10.4. The fourth-order valence-electron chi connectivity index (χ4n) is 1.71. The second-order valence-electron chi connectivity index (χ2n) is 5.37. The van der Waals surface area contributed by atoms with Crippen LogP contribution in [0, 0.1) is 6.92 Å². The molecule has 0 aliphatic heterocycles. The third-order valence-corrected chi connectivity index (χ3v) is 2.89. The van der Waals surface area contributed by atoms with E-state index in [0.717, 1.165) is 6.42 Å². The number of amides is 1. The maximum atomic E-state index is 10.4. The van der Waals surface area contributed by atoms with Crippen molar-refractivity contribution in [2.45, 2.75) is 39.5 Å². The van der Waals surface area contributed by atoms with Crippen LogP contribution in [0.4, 0.5) is 4.79 Å². The Morgan fingerprint density at radius 1 is 1.35 bits per heavy atom. The van der Waals surface area contributed by atoms with Gasteiger partial charge in [-0.2, -0.15) is 0 Å². The number of carbonyl (C=O) groups is 1. The van der Waals surface area contributed by atoms with Gasteiger partial charge >= 0.3 is 6.09 Å². The van der Waals surface area contributed by atoms with E-state index in [-0.39, 0.29) is 5.41 Å². The molecular formula is C14H21NO2. The quantitative estimate of drug-likeness (QED) is 0.845. The smallest absolute Gasteiger partial charge is 0.404 e. The molecule has 0 atom stereocenters. The van der Waals surface area contributed by atoms with Crippen LogP contribution in [-0.2, 0) is 11.8 Å². The highest BCUT2D eigenvalue weighted by Gasteiger charge is 2.14. The van der Waals surface area contributed by atoms with Crippen LogP contribution in [-0.4, -0.2) is 17.7 Å². The summed E-state index contributed by atoms with van der Waals surface area (Å²) in [5.74, 6) is 0. The van der Waals surface area contributed by atoms with Crippen LogP contribution >= 0.6 is 0 Å². The van der Waals surface area contributed by atoms with Crippen molar-refractivity contribution in [1.82, 2.24) is 5.32 Å². The lowest BCUT2D eigenvalue weighted by atomic mass is 9.85.